The molecule has 0 aliphatic heterocycles. The van der Waals surface area contributed by atoms with Crippen LogP contribution in [0, 0.1) is 0 Å². The van der Waals surface area contributed by atoms with Crippen LogP contribution in [-0.2, 0) is 0 Å². The Hall–Kier alpha value is 0.230. The van der Waals surface area contributed by atoms with Crippen LogP contribution in [0.2, 0.25) is 0 Å². The number of hydrogen-bond donors (Lipinski definition) is 3. The third kappa shape index (κ3) is 10.1. The lowest BCUT2D eigenvalue weighted by Crippen LogP contribution is -2.18. The van der Waals surface area contributed by atoms with Gasteiger partial charge in [0.25, 0.3) is 0 Å². The van der Waals surface area contributed by atoms with Crippen molar-refractivity contribution in [3.63, 3.8) is 0 Å². The first-order valence-corrected chi connectivity index (χ1v) is 6.04. The molecule has 3 nitrogen and oxygen atoms in total. The molecule has 0 rings (SSSR count). The summed E-state index contributed by atoms with van der Waals surface area (Å²) >= 11 is 1.69. The Morgan fingerprint density at radius 1 is 1.38 bits per heavy atom. The monoisotopic (exact) mass is 207 g/mol. The summed E-state index contributed by atoms with van der Waals surface area (Å²) in [6.07, 6.45) is 1.76. The van der Waals surface area contributed by atoms with E-state index in [9.17, 15) is 0 Å². The largest absolute Gasteiger partial charge is 0.394 e. The van der Waals surface area contributed by atoms with Crippen LogP contribution < -0.4 is 5.32 Å². The Morgan fingerprint density at radius 2 is 2.15 bits per heavy atom. The average Bonchev–Trinajstić information content (AvgIpc) is 2.16. The van der Waals surface area contributed by atoms with Gasteiger partial charge in [-0.2, -0.15) is 11.8 Å². The zero-order valence-corrected chi connectivity index (χ0v) is 9.15. The normalized spacial score (nSPS) is 13.2. The Kier molecular flexibility index (Phi) is 10.5. The van der Waals surface area contributed by atoms with E-state index in [-0.39, 0.29) is 6.61 Å². The van der Waals surface area contributed by atoms with E-state index in [0.717, 1.165) is 25.3 Å². The van der Waals surface area contributed by atoms with Crippen molar-refractivity contribution < 1.29 is 10.2 Å². The maximum atomic E-state index is 9.01. The van der Waals surface area contributed by atoms with Gasteiger partial charge in [-0.15, -0.1) is 0 Å². The van der Waals surface area contributed by atoms with Gasteiger partial charge < -0.3 is 15.5 Å². The fourth-order valence-corrected chi connectivity index (χ4v) is 1.77. The van der Waals surface area contributed by atoms with Crippen molar-refractivity contribution in [1.29, 1.82) is 0 Å². The summed E-state index contributed by atoms with van der Waals surface area (Å²) in [5.74, 6) is 1.69. The molecule has 0 amide bonds. The number of rotatable bonds is 9. The molecule has 0 spiro atoms. The minimum atomic E-state index is -0.548. The molecule has 13 heavy (non-hydrogen) atoms. The minimum absolute atomic E-state index is 0.124. The molecular formula is C9H21NO2S. The number of nitrogens with one attached hydrogen (secondary N) is 1. The first kappa shape index (κ1) is 13.2. The summed E-state index contributed by atoms with van der Waals surface area (Å²) in [5, 5.41) is 20.9. The molecule has 0 heterocycles. The SMILES string of the molecule is CCCNCCCSCC(O)CO. The van der Waals surface area contributed by atoms with Crippen molar-refractivity contribution in [2.24, 2.45) is 0 Å². The van der Waals surface area contributed by atoms with E-state index < -0.39 is 6.10 Å². The molecule has 3 N–H and O–H groups in total. The molecule has 0 bridgehead atoms. The molecule has 4 heteroatoms. The van der Waals surface area contributed by atoms with Crippen LogP contribution in [0.3, 0.4) is 0 Å². The second-order valence-electron chi connectivity index (χ2n) is 3.01. The Labute approximate surface area is 84.9 Å². The molecule has 80 valence electrons. The van der Waals surface area contributed by atoms with Crippen LogP contribution in [0.15, 0.2) is 0 Å². The Balaban J connectivity index is 2.91. The first-order chi connectivity index (χ1) is 6.31. The van der Waals surface area contributed by atoms with Crippen LogP contribution in [-0.4, -0.2) is 47.5 Å². The summed E-state index contributed by atoms with van der Waals surface area (Å²) in [7, 11) is 0. The Morgan fingerprint density at radius 3 is 2.77 bits per heavy atom. The van der Waals surface area contributed by atoms with Gasteiger partial charge in [0.1, 0.15) is 0 Å². The second kappa shape index (κ2) is 10.3. The van der Waals surface area contributed by atoms with Gasteiger partial charge in [0.15, 0.2) is 0 Å². The van der Waals surface area contributed by atoms with Gasteiger partial charge in [0.2, 0.25) is 0 Å². The van der Waals surface area contributed by atoms with Crippen molar-refractivity contribution in [2.45, 2.75) is 25.9 Å². The fourth-order valence-electron chi connectivity index (χ4n) is 0.873. The van der Waals surface area contributed by atoms with Crippen molar-refractivity contribution >= 4 is 11.8 Å². The molecule has 0 radical (unpaired) electrons. The summed E-state index contributed by atoms with van der Waals surface area (Å²) < 4.78 is 0. The molecule has 1 unspecified atom stereocenters. The number of aliphatic hydroxyl groups is 2. The first-order valence-electron chi connectivity index (χ1n) is 4.88. The van der Waals surface area contributed by atoms with Crippen LogP contribution in [0.5, 0.6) is 0 Å². The molecule has 0 fully saturated rings. The molecule has 0 aromatic carbocycles. The second-order valence-corrected chi connectivity index (χ2v) is 4.16. The summed E-state index contributed by atoms with van der Waals surface area (Å²) in [5.41, 5.74) is 0. The van der Waals surface area contributed by atoms with E-state index >= 15 is 0 Å². The highest BCUT2D eigenvalue weighted by atomic mass is 32.2. The average molecular weight is 207 g/mol. The Bertz CT molecular complexity index is 104. The molecule has 1 atom stereocenters. The van der Waals surface area contributed by atoms with Crippen molar-refractivity contribution in [1.82, 2.24) is 5.32 Å². The highest BCUT2D eigenvalue weighted by Gasteiger charge is 2.00. The number of aliphatic hydroxyl groups excluding tert-OH is 2. The van der Waals surface area contributed by atoms with E-state index in [1.807, 2.05) is 0 Å². The quantitative estimate of drug-likeness (QED) is 0.481. The van der Waals surface area contributed by atoms with Gasteiger partial charge in [-0.1, -0.05) is 6.92 Å². The molecule has 0 aromatic heterocycles. The third-order valence-corrected chi connectivity index (χ3v) is 2.79. The van der Waals surface area contributed by atoms with Crippen molar-refractivity contribution in [3.05, 3.63) is 0 Å². The zero-order valence-electron chi connectivity index (χ0n) is 8.33. The van der Waals surface area contributed by atoms with E-state index in [0.29, 0.717) is 5.75 Å². The van der Waals surface area contributed by atoms with Crippen LogP contribution in [0.4, 0.5) is 0 Å². The van der Waals surface area contributed by atoms with Gasteiger partial charge in [0.05, 0.1) is 12.7 Å². The molecule has 0 aromatic rings. The third-order valence-electron chi connectivity index (χ3n) is 1.59. The van der Waals surface area contributed by atoms with Crippen molar-refractivity contribution in [3.8, 4) is 0 Å². The van der Waals surface area contributed by atoms with Gasteiger partial charge >= 0.3 is 0 Å². The van der Waals surface area contributed by atoms with Gasteiger partial charge in [-0.25, -0.2) is 0 Å². The summed E-state index contributed by atoms with van der Waals surface area (Å²) in [6, 6.07) is 0. The molecular weight excluding hydrogens is 186 g/mol. The van der Waals surface area contributed by atoms with E-state index in [2.05, 4.69) is 12.2 Å². The molecule has 0 saturated carbocycles. The predicted octanol–water partition coefficient (Wildman–Crippen LogP) is 0.462. The maximum Gasteiger partial charge on any atom is 0.0861 e. The lowest BCUT2D eigenvalue weighted by atomic mass is 10.4. The van der Waals surface area contributed by atoms with Gasteiger partial charge in [0, 0.05) is 5.75 Å². The lowest BCUT2D eigenvalue weighted by molar-refractivity contribution is 0.113. The van der Waals surface area contributed by atoms with Crippen LogP contribution in [0.25, 0.3) is 0 Å². The van der Waals surface area contributed by atoms with Crippen LogP contribution >= 0.6 is 11.8 Å². The number of hydrogen-bond acceptors (Lipinski definition) is 4. The minimum Gasteiger partial charge on any atom is -0.394 e. The zero-order chi connectivity index (χ0) is 9.94. The fraction of sp³-hybridized carbons (Fsp3) is 1.00. The number of thioether (sulfide) groups is 1. The summed E-state index contributed by atoms with van der Waals surface area (Å²) in [6.45, 7) is 4.17. The van der Waals surface area contributed by atoms with E-state index in [1.54, 1.807) is 11.8 Å². The van der Waals surface area contributed by atoms with Crippen molar-refractivity contribution in [2.75, 3.05) is 31.2 Å². The maximum absolute atomic E-state index is 9.01. The van der Waals surface area contributed by atoms with E-state index in [1.165, 1.54) is 6.42 Å². The predicted molar refractivity (Wildman–Crippen MR) is 58.2 cm³/mol. The lowest BCUT2D eigenvalue weighted by Gasteiger charge is -2.06. The summed E-state index contributed by atoms with van der Waals surface area (Å²) in [4.78, 5) is 0. The highest BCUT2D eigenvalue weighted by Crippen LogP contribution is 2.03. The molecule has 0 saturated heterocycles. The smallest absolute Gasteiger partial charge is 0.0861 e. The van der Waals surface area contributed by atoms with Gasteiger partial charge in [-0.05, 0) is 31.7 Å². The van der Waals surface area contributed by atoms with Crippen LogP contribution in [0.1, 0.15) is 19.8 Å². The van der Waals surface area contributed by atoms with Gasteiger partial charge in [-0.3, -0.25) is 0 Å². The molecule has 0 aliphatic carbocycles. The standard InChI is InChI=1S/C9H21NO2S/c1-2-4-10-5-3-6-13-8-9(12)7-11/h9-12H,2-8H2,1H3. The topological polar surface area (TPSA) is 52.5 Å². The van der Waals surface area contributed by atoms with E-state index in [4.69, 9.17) is 10.2 Å². The highest BCUT2D eigenvalue weighted by molar-refractivity contribution is 7.99. The molecule has 0 aliphatic rings.